The van der Waals surface area contributed by atoms with Crippen molar-refractivity contribution in [1.82, 2.24) is 4.90 Å². The van der Waals surface area contributed by atoms with Crippen LogP contribution in [0, 0.1) is 5.92 Å². The van der Waals surface area contributed by atoms with Crippen LogP contribution in [0.5, 0.6) is 0 Å². The number of carbonyl (C=O) groups excluding carboxylic acids is 1. The van der Waals surface area contributed by atoms with Gasteiger partial charge < -0.3 is 20.5 Å². The van der Waals surface area contributed by atoms with E-state index in [0.29, 0.717) is 24.8 Å². The van der Waals surface area contributed by atoms with Gasteiger partial charge in [0.25, 0.3) is 0 Å². The smallest absolute Gasteiger partial charge is 0.327 e. The van der Waals surface area contributed by atoms with E-state index in [9.17, 15) is 9.59 Å². The van der Waals surface area contributed by atoms with E-state index in [4.69, 9.17) is 15.6 Å². The van der Waals surface area contributed by atoms with E-state index in [1.165, 1.54) is 16.7 Å². The van der Waals surface area contributed by atoms with Crippen LogP contribution in [0.2, 0.25) is 0 Å². The van der Waals surface area contributed by atoms with Crippen molar-refractivity contribution in [2.24, 2.45) is 11.7 Å². The van der Waals surface area contributed by atoms with Crippen molar-refractivity contribution in [1.29, 1.82) is 0 Å². The Morgan fingerprint density at radius 2 is 2.19 bits per heavy atom. The van der Waals surface area contributed by atoms with Gasteiger partial charge in [0.1, 0.15) is 6.04 Å². The molecule has 90 valence electrons. The Labute approximate surface area is 97.1 Å². The highest BCUT2D eigenvalue weighted by Gasteiger charge is 2.41. The molecule has 6 nitrogen and oxygen atoms in total. The molecule has 0 bridgehead atoms. The minimum absolute atomic E-state index is 0.192. The van der Waals surface area contributed by atoms with E-state index < -0.39 is 12.0 Å². The van der Waals surface area contributed by atoms with Gasteiger partial charge in [-0.05, 0) is 0 Å². The molecule has 3 N–H and O–H groups in total. The molecule has 0 aromatic heterocycles. The zero-order valence-corrected chi connectivity index (χ0v) is 9.48. The second kappa shape index (κ2) is 4.60. The second-order valence-electron chi connectivity index (χ2n) is 3.97. The molecule has 3 atom stereocenters. The number of carboxylic acid groups (broad SMARTS) is 1. The Bertz CT molecular complexity index is 312. The minimum Gasteiger partial charge on any atom is -0.480 e. The fourth-order valence-corrected chi connectivity index (χ4v) is 3.06. The van der Waals surface area contributed by atoms with E-state index in [1.54, 1.807) is 0 Å². The fraction of sp³-hybridized carbons (Fsp3) is 0.778. The van der Waals surface area contributed by atoms with Gasteiger partial charge in [-0.2, -0.15) is 0 Å². The Balaban J connectivity index is 2.06. The van der Waals surface area contributed by atoms with E-state index in [0.717, 1.165) is 0 Å². The van der Waals surface area contributed by atoms with Crippen LogP contribution in [0.1, 0.15) is 0 Å². The molecule has 0 aromatic rings. The molecule has 2 aliphatic heterocycles. The summed E-state index contributed by atoms with van der Waals surface area (Å²) in [7, 11) is 0. The third kappa shape index (κ3) is 2.02. The van der Waals surface area contributed by atoms with Gasteiger partial charge in [0.05, 0.1) is 25.0 Å². The average Bonchev–Trinajstić information content (AvgIpc) is 2.84. The van der Waals surface area contributed by atoms with E-state index in [1.807, 2.05) is 0 Å². The lowest BCUT2D eigenvalue weighted by atomic mass is 10.0. The number of nitrogens with two attached hydrogens (primary N) is 1. The van der Waals surface area contributed by atoms with Gasteiger partial charge in [0, 0.05) is 11.8 Å². The van der Waals surface area contributed by atoms with E-state index in [-0.39, 0.29) is 17.9 Å². The van der Waals surface area contributed by atoms with Crippen LogP contribution in [-0.2, 0) is 14.3 Å². The molecule has 2 aliphatic rings. The average molecular weight is 246 g/mol. The number of carboxylic acids is 1. The molecule has 2 fully saturated rings. The highest BCUT2D eigenvalue weighted by Crippen LogP contribution is 2.25. The normalized spacial score (nSPS) is 34.3. The van der Waals surface area contributed by atoms with Gasteiger partial charge in [0.2, 0.25) is 5.91 Å². The fourth-order valence-electron chi connectivity index (χ4n) is 1.90. The van der Waals surface area contributed by atoms with Crippen molar-refractivity contribution in [3.63, 3.8) is 0 Å². The number of thioether (sulfide) groups is 1. The molecule has 2 heterocycles. The van der Waals surface area contributed by atoms with Gasteiger partial charge in [-0.3, -0.25) is 4.79 Å². The number of nitrogens with zero attached hydrogens (tertiary/aromatic N) is 1. The molecule has 1 amide bonds. The van der Waals surface area contributed by atoms with Crippen LogP contribution in [0.25, 0.3) is 0 Å². The largest absolute Gasteiger partial charge is 0.480 e. The summed E-state index contributed by atoms with van der Waals surface area (Å²) >= 11 is 1.45. The summed E-state index contributed by atoms with van der Waals surface area (Å²) in [4.78, 5) is 24.4. The first kappa shape index (κ1) is 11.7. The molecule has 0 aliphatic carbocycles. The maximum atomic E-state index is 12.1. The number of hydrogen-bond donors (Lipinski definition) is 2. The lowest BCUT2D eigenvalue weighted by Gasteiger charge is -2.24. The van der Waals surface area contributed by atoms with Crippen LogP contribution < -0.4 is 5.73 Å². The quantitative estimate of drug-likeness (QED) is 0.645. The molecule has 7 heteroatoms. The number of ether oxygens (including phenoxy) is 1. The van der Waals surface area contributed by atoms with Gasteiger partial charge in [-0.25, -0.2) is 4.79 Å². The van der Waals surface area contributed by atoms with Crippen molar-refractivity contribution in [3.05, 3.63) is 0 Å². The molecule has 0 spiro atoms. The van der Waals surface area contributed by atoms with Crippen LogP contribution in [0.3, 0.4) is 0 Å². The Kier molecular flexibility index (Phi) is 3.36. The number of amides is 1. The molecule has 0 radical (unpaired) electrons. The van der Waals surface area contributed by atoms with Gasteiger partial charge in [-0.15, -0.1) is 11.8 Å². The predicted octanol–water partition coefficient (Wildman–Crippen LogP) is -1.05. The Morgan fingerprint density at radius 3 is 2.75 bits per heavy atom. The monoisotopic (exact) mass is 246 g/mol. The van der Waals surface area contributed by atoms with Gasteiger partial charge >= 0.3 is 5.97 Å². The first-order valence-electron chi connectivity index (χ1n) is 5.05. The first-order chi connectivity index (χ1) is 7.61. The summed E-state index contributed by atoms with van der Waals surface area (Å²) in [6, 6.07) is -1.03. The highest BCUT2D eigenvalue weighted by molar-refractivity contribution is 7.99. The maximum Gasteiger partial charge on any atom is 0.327 e. The summed E-state index contributed by atoms with van der Waals surface area (Å²) in [5.41, 5.74) is 5.74. The van der Waals surface area contributed by atoms with Crippen molar-refractivity contribution in [2.45, 2.75) is 12.1 Å². The molecular formula is C9H14N2O4S. The maximum absolute atomic E-state index is 12.1. The minimum atomic E-state index is -0.953. The molecule has 2 unspecified atom stereocenters. The number of aliphatic carboxylic acids is 1. The topological polar surface area (TPSA) is 92.9 Å². The number of rotatable bonds is 2. The third-order valence-corrected chi connectivity index (χ3v) is 3.90. The predicted molar refractivity (Wildman–Crippen MR) is 57.9 cm³/mol. The van der Waals surface area contributed by atoms with Crippen molar-refractivity contribution < 1.29 is 19.4 Å². The first-order valence-corrected chi connectivity index (χ1v) is 6.21. The molecule has 0 saturated carbocycles. The lowest BCUT2D eigenvalue weighted by Crippen LogP contribution is -2.48. The van der Waals surface area contributed by atoms with Crippen molar-refractivity contribution in [2.75, 3.05) is 24.8 Å². The molecule has 16 heavy (non-hydrogen) atoms. The standard InChI is InChI=1S/C9H14N2O4S/c10-6-2-15-1-5(6)8(12)11-4-16-3-7(11)9(13)14/h5-7H,1-4,10H2,(H,13,14)/t5?,6?,7-/m0/s1. The van der Waals surface area contributed by atoms with E-state index in [2.05, 4.69) is 0 Å². The second-order valence-corrected chi connectivity index (χ2v) is 4.97. The SMILES string of the molecule is NC1COCC1C(=O)N1CSC[C@H]1C(=O)O. The molecule has 2 rings (SSSR count). The Morgan fingerprint density at radius 1 is 1.44 bits per heavy atom. The number of carbonyl (C=O) groups is 2. The summed E-state index contributed by atoms with van der Waals surface area (Å²) < 4.78 is 5.12. The van der Waals surface area contributed by atoms with Gasteiger partial charge in [0.15, 0.2) is 0 Å². The zero-order valence-electron chi connectivity index (χ0n) is 8.67. The van der Waals surface area contributed by atoms with E-state index >= 15 is 0 Å². The van der Waals surface area contributed by atoms with Crippen LogP contribution in [0.15, 0.2) is 0 Å². The summed E-state index contributed by atoms with van der Waals surface area (Å²) in [5, 5.41) is 8.97. The summed E-state index contributed by atoms with van der Waals surface area (Å²) in [6.07, 6.45) is 0. The molecule has 0 aromatic carbocycles. The van der Waals surface area contributed by atoms with Crippen LogP contribution >= 0.6 is 11.8 Å². The number of hydrogen-bond acceptors (Lipinski definition) is 5. The van der Waals surface area contributed by atoms with Crippen molar-refractivity contribution in [3.8, 4) is 0 Å². The van der Waals surface area contributed by atoms with Crippen LogP contribution in [-0.4, -0.2) is 58.8 Å². The molecular weight excluding hydrogens is 232 g/mol. The zero-order chi connectivity index (χ0) is 11.7. The van der Waals surface area contributed by atoms with Crippen LogP contribution in [0.4, 0.5) is 0 Å². The Hall–Kier alpha value is -0.790. The summed E-state index contributed by atoms with van der Waals surface area (Å²) in [6.45, 7) is 0.669. The highest BCUT2D eigenvalue weighted by atomic mass is 32.2. The van der Waals surface area contributed by atoms with Gasteiger partial charge in [-0.1, -0.05) is 0 Å². The third-order valence-electron chi connectivity index (χ3n) is 2.89. The summed E-state index contributed by atoms with van der Waals surface area (Å²) in [5.74, 6) is -0.656. The van der Waals surface area contributed by atoms with Crippen molar-refractivity contribution >= 4 is 23.6 Å². The lowest BCUT2D eigenvalue weighted by molar-refractivity contribution is -0.149. The molecule has 2 saturated heterocycles.